The topological polar surface area (TPSA) is 69.6 Å². The second-order valence-corrected chi connectivity index (χ2v) is 24.3. The molecule has 486 valence electrons. The monoisotopic (exact) mass is 1170 g/mol. The Bertz CT molecular complexity index is 1720. The Labute approximate surface area is 529 Å². The van der Waals surface area contributed by atoms with Crippen LogP contribution in [-0.4, -0.2) is 34.9 Å². The van der Waals surface area contributed by atoms with Gasteiger partial charge in [-0.2, -0.15) is 0 Å². The third-order valence-electron chi connectivity index (χ3n) is 16.1. The van der Waals surface area contributed by atoms with Crippen molar-refractivity contribution >= 4 is 5.91 Å². The zero-order chi connectivity index (χ0) is 61.2. The van der Waals surface area contributed by atoms with Crippen LogP contribution in [0.25, 0.3) is 0 Å². The maximum absolute atomic E-state index is 12.6. The molecule has 0 radical (unpaired) electrons. The molecule has 0 aromatic rings. The van der Waals surface area contributed by atoms with Gasteiger partial charge >= 0.3 is 0 Å². The first-order chi connectivity index (χ1) is 42.2. The molecule has 0 aromatic carbocycles. The number of carbonyl (C=O) groups excluding carboxylic acids is 1. The molecule has 4 heteroatoms. The first-order valence-corrected chi connectivity index (χ1v) is 36.5. The lowest BCUT2D eigenvalue weighted by Gasteiger charge is -2.22. The van der Waals surface area contributed by atoms with Crippen molar-refractivity contribution in [2.45, 2.75) is 353 Å². The molecular weight excluding hydrogens is 1030 g/mol. The molecule has 0 heterocycles. The molecule has 0 aromatic heterocycles. The van der Waals surface area contributed by atoms with Crippen molar-refractivity contribution in [1.29, 1.82) is 0 Å². The first kappa shape index (κ1) is 81.3. The Balaban J connectivity index is 3.58. The van der Waals surface area contributed by atoms with Gasteiger partial charge < -0.3 is 15.5 Å². The summed E-state index contributed by atoms with van der Waals surface area (Å²) in [6.45, 7) is 4.26. The minimum Gasteiger partial charge on any atom is -0.394 e. The number of amides is 1. The van der Waals surface area contributed by atoms with E-state index in [-0.39, 0.29) is 12.5 Å². The number of hydrogen-bond acceptors (Lipinski definition) is 3. The zero-order valence-corrected chi connectivity index (χ0v) is 56.1. The number of aliphatic hydroxyl groups is 2. The number of unbranched alkanes of at least 4 members (excludes halogenated alkanes) is 35. The maximum Gasteiger partial charge on any atom is 0.220 e. The van der Waals surface area contributed by atoms with Crippen molar-refractivity contribution in [3.8, 4) is 0 Å². The minimum atomic E-state index is -0.683. The molecule has 0 aliphatic carbocycles. The highest BCUT2D eigenvalue weighted by atomic mass is 16.3. The van der Waals surface area contributed by atoms with Crippen molar-refractivity contribution in [3.05, 3.63) is 146 Å². The van der Waals surface area contributed by atoms with Gasteiger partial charge in [-0.05, 0) is 103 Å². The summed E-state index contributed by atoms with van der Waals surface area (Å²) in [7, 11) is 0. The Morgan fingerprint density at radius 2 is 0.518 bits per heavy atom. The van der Waals surface area contributed by atoms with E-state index in [0.29, 0.717) is 12.8 Å². The van der Waals surface area contributed by atoms with Gasteiger partial charge in [0.15, 0.2) is 0 Å². The van der Waals surface area contributed by atoms with E-state index in [1.54, 1.807) is 0 Å². The maximum atomic E-state index is 12.6. The molecule has 4 nitrogen and oxygen atoms in total. The number of nitrogens with one attached hydrogen (secondary N) is 1. The summed E-state index contributed by atoms with van der Waals surface area (Å²) in [4.78, 5) is 12.6. The summed E-state index contributed by atoms with van der Waals surface area (Å²) in [5.41, 5.74) is 0. The fourth-order valence-corrected chi connectivity index (χ4v) is 10.6. The quantitative estimate of drug-likeness (QED) is 0.0420. The van der Waals surface area contributed by atoms with Gasteiger partial charge in [-0.3, -0.25) is 4.79 Å². The second kappa shape index (κ2) is 74.5. The van der Waals surface area contributed by atoms with Crippen molar-refractivity contribution in [2.75, 3.05) is 6.61 Å². The molecule has 1 amide bonds. The van der Waals surface area contributed by atoms with E-state index in [0.717, 1.165) is 122 Å². The number of allylic oxidation sites excluding steroid dienone is 24. The molecule has 3 N–H and O–H groups in total. The molecule has 2 unspecified atom stereocenters. The van der Waals surface area contributed by atoms with Gasteiger partial charge in [0.1, 0.15) is 0 Å². The van der Waals surface area contributed by atoms with E-state index in [1.807, 2.05) is 0 Å². The summed E-state index contributed by atoms with van der Waals surface area (Å²) >= 11 is 0. The van der Waals surface area contributed by atoms with Crippen molar-refractivity contribution in [1.82, 2.24) is 5.32 Å². The largest absolute Gasteiger partial charge is 0.394 e. The van der Waals surface area contributed by atoms with E-state index in [1.165, 1.54) is 193 Å². The highest BCUT2D eigenvalue weighted by Gasteiger charge is 2.20. The van der Waals surface area contributed by atoms with Gasteiger partial charge in [-0.1, -0.05) is 378 Å². The highest BCUT2D eigenvalue weighted by Crippen LogP contribution is 2.18. The summed E-state index contributed by atoms with van der Waals surface area (Å²) in [5.74, 6) is -0.0571. The van der Waals surface area contributed by atoms with Gasteiger partial charge in [-0.15, -0.1) is 0 Å². The smallest absolute Gasteiger partial charge is 0.220 e. The number of carbonyl (C=O) groups is 1. The van der Waals surface area contributed by atoms with Crippen LogP contribution in [0.15, 0.2) is 146 Å². The van der Waals surface area contributed by atoms with Crippen LogP contribution in [0.5, 0.6) is 0 Å². The molecular formula is C81H139NO3. The molecule has 2 atom stereocenters. The Kier molecular flexibility index (Phi) is 71.3. The van der Waals surface area contributed by atoms with Crippen molar-refractivity contribution < 1.29 is 15.0 Å². The van der Waals surface area contributed by atoms with Crippen molar-refractivity contribution in [3.63, 3.8) is 0 Å². The zero-order valence-electron chi connectivity index (χ0n) is 56.1. The lowest BCUT2D eigenvalue weighted by Crippen LogP contribution is -2.45. The normalized spacial score (nSPS) is 13.6. The van der Waals surface area contributed by atoms with E-state index in [4.69, 9.17) is 0 Å². The molecule has 85 heavy (non-hydrogen) atoms. The number of rotatable bonds is 66. The molecule has 0 saturated heterocycles. The van der Waals surface area contributed by atoms with Gasteiger partial charge in [-0.25, -0.2) is 0 Å². The lowest BCUT2D eigenvalue weighted by atomic mass is 10.0. The predicted octanol–water partition coefficient (Wildman–Crippen LogP) is 25.4. The average Bonchev–Trinajstić information content (AvgIpc) is 3.51. The molecule has 0 rings (SSSR count). The highest BCUT2D eigenvalue weighted by molar-refractivity contribution is 5.76. The molecule has 0 aliphatic rings. The van der Waals surface area contributed by atoms with Crippen LogP contribution in [0.3, 0.4) is 0 Å². The second-order valence-electron chi connectivity index (χ2n) is 24.3. The van der Waals surface area contributed by atoms with Crippen LogP contribution in [0, 0.1) is 0 Å². The van der Waals surface area contributed by atoms with Crippen molar-refractivity contribution in [2.24, 2.45) is 0 Å². The molecule has 0 saturated carbocycles. The summed E-state index contributed by atoms with van der Waals surface area (Å²) in [6, 6.07) is -0.563. The first-order valence-electron chi connectivity index (χ1n) is 36.5. The molecule has 0 spiro atoms. The molecule has 0 fully saturated rings. The lowest BCUT2D eigenvalue weighted by molar-refractivity contribution is -0.123. The minimum absolute atomic E-state index is 0.0571. The number of hydrogen-bond donors (Lipinski definition) is 3. The summed E-state index contributed by atoms with van der Waals surface area (Å²) in [5, 5.41) is 23.5. The Morgan fingerprint density at radius 3 is 0.776 bits per heavy atom. The van der Waals surface area contributed by atoms with E-state index >= 15 is 0 Å². The standard InChI is InChI=1S/C81H139NO3/c1-3-5-7-9-11-13-15-17-19-21-23-25-27-29-31-33-35-37-38-39-40-41-42-43-44-45-47-49-51-53-55-57-59-61-63-65-67-69-71-73-75-77-81(85)82-79(78-83)80(84)76-74-72-70-68-66-64-62-60-58-56-54-52-50-48-46-36-34-32-30-28-26-24-22-20-18-16-14-12-10-8-6-4-2/h5,7,11,13,17,19,23,25,29,31,35,37,39-40,42-43,45,47,51,53,57,59,63,65,79-80,83-84H,3-4,6,8-10,12,14-16,18,20-22,24,26-28,30,32-34,36,38,41,44,46,48-50,52,54-56,58,60-62,64,66-78H2,1-2H3,(H,82,85)/b7-5-,13-11-,19-17-,25-23-,31-29-,37-35-,40-39-,43-42-,47-45-,53-51-,59-57-,65-63-. The van der Waals surface area contributed by atoms with Gasteiger partial charge in [0, 0.05) is 6.42 Å². The van der Waals surface area contributed by atoms with Crippen LogP contribution in [0.1, 0.15) is 341 Å². The summed E-state index contributed by atoms with van der Waals surface area (Å²) < 4.78 is 0. The van der Waals surface area contributed by atoms with E-state index < -0.39 is 12.1 Å². The predicted molar refractivity (Wildman–Crippen MR) is 382 cm³/mol. The molecule has 0 aliphatic heterocycles. The fraction of sp³-hybridized carbons (Fsp3) is 0.691. The van der Waals surface area contributed by atoms with Crippen LogP contribution in [0.2, 0.25) is 0 Å². The van der Waals surface area contributed by atoms with Gasteiger partial charge in [0.2, 0.25) is 5.91 Å². The Hall–Kier alpha value is -3.73. The van der Waals surface area contributed by atoms with Crippen LogP contribution >= 0.6 is 0 Å². The number of aliphatic hydroxyl groups excluding tert-OH is 2. The summed E-state index contributed by atoms with van der Waals surface area (Å²) in [6.07, 6.45) is 116. The van der Waals surface area contributed by atoms with Crippen LogP contribution in [-0.2, 0) is 4.79 Å². The van der Waals surface area contributed by atoms with E-state index in [9.17, 15) is 15.0 Å². The van der Waals surface area contributed by atoms with Gasteiger partial charge in [0.25, 0.3) is 0 Å². The van der Waals surface area contributed by atoms with Crippen LogP contribution in [0.4, 0.5) is 0 Å². The fourth-order valence-electron chi connectivity index (χ4n) is 10.6. The van der Waals surface area contributed by atoms with E-state index in [2.05, 4.69) is 165 Å². The van der Waals surface area contributed by atoms with Gasteiger partial charge in [0.05, 0.1) is 18.8 Å². The molecule has 0 bridgehead atoms. The third-order valence-corrected chi connectivity index (χ3v) is 16.1. The van der Waals surface area contributed by atoms with Crippen LogP contribution < -0.4 is 5.32 Å². The Morgan fingerprint density at radius 1 is 0.294 bits per heavy atom. The third kappa shape index (κ3) is 70.9. The SMILES string of the molecule is CC/C=C\C/C=C\C/C=C\C/C=C\C/C=C\C/C=C\C/C=C\C/C=C\C/C=C\C/C=C\C/C=C\C/C=C\CCCCCCC(=O)NC(CO)C(O)CCCCCCCCCCCCCCCCCCCCCCCCCCCCCCCCCC. The average molecular weight is 1180 g/mol.